The Morgan fingerprint density at radius 2 is 1.79 bits per heavy atom. The van der Waals surface area contributed by atoms with Crippen molar-refractivity contribution in [2.24, 2.45) is 0 Å². The van der Waals surface area contributed by atoms with Gasteiger partial charge in [0.1, 0.15) is 11.5 Å². The number of aryl methyl sites for hydroxylation is 2. The van der Waals surface area contributed by atoms with Gasteiger partial charge in [-0.2, -0.15) is 5.10 Å². The van der Waals surface area contributed by atoms with Crippen LogP contribution in [0.2, 0.25) is 0 Å². The van der Waals surface area contributed by atoms with Crippen molar-refractivity contribution >= 4 is 17.5 Å². The molecule has 5 rings (SSSR count). The van der Waals surface area contributed by atoms with Crippen molar-refractivity contribution in [2.45, 2.75) is 59.4 Å². The molecule has 4 aromatic rings. The first-order chi connectivity index (χ1) is 18.2. The number of piperazine rings is 1. The Hall–Kier alpha value is -4.15. The van der Waals surface area contributed by atoms with E-state index in [9.17, 15) is 14.0 Å². The van der Waals surface area contributed by atoms with Gasteiger partial charge in [0.15, 0.2) is 5.65 Å². The van der Waals surface area contributed by atoms with E-state index in [1.54, 1.807) is 46.5 Å². The van der Waals surface area contributed by atoms with Crippen LogP contribution in [0.1, 0.15) is 72.8 Å². The number of amides is 2. The average molecular weight is 534 g/mol. The van der Waals surface area contributed by atoms with Crippen molar-refractivity contribution in [3.05, 3.63) is 64.9 Å². The first-order valence-electron chi connectivity index (χ1n) is 12.8. The lowest BCUT2D eigenvalue weighted by Gasteiger charge is -2.46. The molecule has 0 N–H and O–H groups in total. The third kappa shape index (κ3) is 4.88. The zero-order valence-corrected chi connectivity index (χ0v) is 23.2. The molecule has 1 aliphatic heterocycles. The van der Waals surface area contributed by atoms with Gasteiger partial charge in [-0.05, 0) is 56.0 Å². The average Bonchev–Trinajstić information content (AvgIpc) is 3.49. The minimum absolute atomic E-state index is 0.0589. The maximum atomic E-state index is 13.9. The number of imidazole rings is 1. The highest BCUT2D eigenvalue weighted by atomic mass is 19.1. The number of carbonyl (C=O) groups excluding carboxylic acids is 2. The van der Waals surface area contributed by atoms with Crippen molar-refractivity contribution in [1.82, 2.24) is 34.6 Å². The topological polar surface area (TPSA) is 110 Å². The van der Waals surface area contributed by atoms with Crippen LogP contribution in [0.5, 0.6) is 0 Å². The van der Waals surface area contributed by atoms with Gasteiger partial charge in [-0.1, -0.05) is 20.8 Å². The fourth-order valence-electron chi connectivity index (χ4n) is 4.94. The molecule has 0 atom stereocenters. The normalized spacial score (nSPS) is 15.7. The molecular formula is C28H32FN7O3. The number of halogens is 1. The summed E-state index contributed by atoms with van der Waals surface area (Å²) in [5.41, 5.74) is 2.77. The molecule has 3 aromatic heterocycles. The van der Waals surface area contributed by atoms with E-state index >= 15 is 0 Å². The quantitative estimate of drug-likeness (QED) is 0.388. The van der Waals surface area contributed by atoms with Crippen LogP contribution in [0, 0.1) is 19.7 Å². The lowest BCUT2D eigenvalue weighted by atomic mass is 9.87. The van der Waals surface area contributed by atoms with Crippen molar-refractivity contribution in [3.8, 4) is 11.3 Å². The largest absolute Gasteiger partial charge is 0.417 e. The summed E-state index contributed by atoms with van der Waals surface area (Å²) >= 11 is 0. The molecule has 39 heavy (non-hydrogen) atoms. The van der Waals surface area contributed by atoms with Crippen LogP contribution in [0.3, 0.4) is 0 Å². The Bertz CT molecular complexity index is 1600. The van der Waals surface area contributed by atoms with Crippen LogP contribution in [-0.4, -0.2) is 71.6 Å². The molecule has 0 saturated carbocycles. The van der Waals surface area contributed by atoms with Crippen molar-refractivity contribution < 1.29 is 18.4 Å². The number of benzene rings is 1. The number of hydrogen-bond acceptors (Lipinski definition) is 7. The number of fused-ring (bicyclic) bond motifs is 1. The Morgan fingerprint density at radius 3 is 2.41 bits per heavy atom. The maximum Gasteiger partial charge on any atom is 0.311 e. The summed E-state index contributed by atoms with van der Waals surface area (Å²) in [7, 11) is 0. The molecule has 0 unspecified atom stereocenters. The van der Waals surface area contributed by atoms with Gasteiger partial charge in [0, 0.05) is 37.7 Å². The summed E-state index contributed by atoms with van der Waals surface area (Å²) < 4.78 is 20.8. The molecule has 11 heteroatoms. The molecule has 1 saturated heterocycles. The molecule has 1 aliphatic rings. The van der Waals surface area contributed by atoms with Gasteiger partial charge in [0.25, 0.3) is 5.91 Å². The second-order valence-corrected chi connectivity index (χ2v) is 11.7. The van der Waals surface area contributed by atoms with E-state index in [4.69, 9.17) is 14.5 Å². The SMILES string of the molecule is Cc1nnc(C(=O)N2CCN(C(=O)c3cn4nc(-c5ccc(F)c(C)c5)cc(C(C)(C)C)c4n3)C(C)(C)C2)o1. The number of carbonyl (C=O) groups is 2. The molecule has 0 radical (unpaired) electrons. The lowest BCUT2D eigenvalue weighted by molar-refractivity contribution is 0.0150. The zero-order valence-electron chi connectivity index (χ0n) is 23.2. The first-order valence-corrected chi connectivity index (χ1v) is 12.8. The van der Waals surface area contributed by atoms with Crippen molar-refractivity contribution in [1.29, 1.82) is 0 Å². The van der Waals surface area contributed by atoms with Gasteiger partial charge in [0.05, 0.1) is 17.4 Å². The number of aromatic nitrogens is 5. The van der Waals surface area contributed by atoms with E-state index < -0.39 is 5.54 Å². The highest BCUT2D eigenvalue weighted by molar-refractivity contribution is 5.94. The zero-order chi connectivity index (χ0) is 28.3. The third-order valence-electron chi connectivity index (χ3n) is 7.05. The fourth-order valence-corrected chi connectivity index (χ4v) is 4.94. The predicted octanol–water partition coefficient (Wildman–Crippen LogP) is 4.21. The Kier molecular flexibility index (Phi) is 6.27. The number of nitrogens with zero attached hydrogens (tertiary/aromatic N) is 7. The van der Waals surface area contributed by atoms with Crippen LogP contribution in [0.15, 0.2) is 34.9 Å². The van der Waals surface area contributed by atoms with Crippen LogP contribution in [0.25, 0.3) is 16.9 Å². The molecule has 0 aliphatic carbocycles. The van der Waals surface area contributed by atoms with E-state index in [0.717, 1.165) is 11.1 Å². The minimum Gasteiger partial charge on any atom is -0.417 e. The molecule has 0 spiro atoms. The number of rotatable bonds is 3. The van der Waals surface area contributed by atoms with Gasteiger partial charge in [-0.25, -0.2) is 13.9 Å². The monoisotopic (exact) mass is 533 g/mol. The Balaban J connectivity index is 1.47. The smallest absolute Gasteiger partial charge is 0.311 e. The summed E-state index contributed by atoms with van der Waals surface area (Å²) in [5, 5.41) is 12.3. The molecule has 1 fully saturated rings. The van der Waals surface area contributed by atoms with Gasteiger partial charge in [-0.3, -0.25) is 9.59 Å². The fraction of sp³-hybridized carbons (Fsp3) is 0.429. The first kappa shape index (κ1) is 26.5. The predicted molar refractivity (Wildman–Crippen MR) is 142 cm³/mol. The highest BCUT2D eigenvalue weighted by Gasteiger charge is 2.40. The molecule has 204 valence electrons. The van der Waals surface area contributed by atoms with Gasteiger partial charge in [0.2, 0.25) is 5.89 Å². The summed E-state index contributed by atoms with van der Waals surface area (Å²) in [4.78, 5) is 34.7. The van der Waals surface area contributed by atoms with Gasteiger partial charge in [-0.15, -0.1) is 10.2 Å². The highest BCUT2D eigenvalue weighted by Crippen LogP contribution is 2.31. The molecule has 2 amide bonds. The minimum atomic E-state index is -0.674. The molecular weight excluding hydrogens is 501 g/mol. The van der Waals surface area contributed by atoms with Crippen molar-refractivity contribution in [3.63, 3.8) is 0 Å². The van der Waals surface area contributed by atoms with Crippen LogP contribution >= 0.6 is 0 Å². The second-order valence-electron chi connectivity index (χ2n) is 11.7. The van der Waals surface area contributed by atoms with Gasteiger partial charge < -0.3 is 14.2 Å². The summed E-state index contributed by atoms with van der Waals surface area (Å²) in [5.74, 6) is -0.616. The molecule has 10 nitrogen and oxygen atoms in total. The molecule has 0 bridgehead atoms. The second kappa shape index (κ2) is 9.25. The van der Waals surface area contributed by atoms with Crippen LogP contribution in [-0.2, 0) is 5.41 Å². The van der Waals surface area contributed by atoms with Crippen LogP contribution < -0.4 is 0 Å². The Labute approximate surface area is 225 Å². The van der Waals surface area contributed by atoms with E-state index in [2.05, 4.69) is 31.0 Å². The summed E-state index contributed by atoms with van der Waals surface area (Å²) in [6, 6.07) is 6.85. The van der Waals surface area contributed by atoms with Gasteiger partial charge >= 0.3 is 11.8 Å². The van der Waals surface area contributed by atoms with Crippen LogP contribution in [0.4, 0.5) is 4.39 Å². The number of hydrogen-bond donors (Lipinski definition) is 0. The van der Waals surface area contributed by atoms with E-state index in [1.807, 2.05) is 19.9 Å². The third-order valence-corrected chi connectivity index (χ3v) is 7.05. The summed E-state index contributed by atoms with van der Waals surface area (Å²) in [6.45, 7) is 14.3. The standard InChI is InChI=1S/C28H32FN7O3/c1-16-12-18(8-9-20(16)29)21-13-19(27(3,4)5)23-30-22(14-36(23)33-21)25(37)35-11-10-34(15-28(35,6)7)26(38)24-32-31-17(2)39-24/h8-9,12-14H,10-11,15H2,1-7H3. The van der Waals surface area contributed by atoms with E-state index in [1.165, 1.54) is 6.07 Å². The molecule has 1 aromatic carbocycles. The lowest BCUT2D eigenvalue weighted by Crippen LogP contribution is -2.62. The van der Waals surface area contributed by atoms with E-state index in [-0.39, 0.29) is 34.6 Å². The summed E-state index contributed by atoms with van der Waals surface area (Å²) in [6.07, 6.45) is 1.64. The maximum absolute atomic E-state index is 13.9. The molecule has 4 heterocycles. The Morgan fingerprint density at radius 1 is 1.05 bits per heavy atom. The van der Waals surface area contributed by atoms with Crippen molar-refractivity contribution in [2.75, 3.05) is 19.6 Å². The van der Waals surface area contributed by atoms with E-state index in [0.29, 0.717) is 42.4 Å².